The molecule has 4 rings (SSSR count). The van der Waals surface area contributed by atoms with E-state index >= 15 is 0 Å². The first-order valence-corrected chi connectivity index (χ1v) is 7.52. The normalized spacial score (nSPS) is 19.0. The molecule has 2 aromatic rings. The molecule has 0 unspecified atom stereocenters. The van der Waals surface area contributed by atoms with Crippen molar-refractivity contribution in [2.24, 2.45) is 0 Å². The first-order valence-electron chi connectivity index (χ1n) is 7.52. The summed E-state index contributed by atoms with van der Waals surface area (Å²) in [4.78, 5) is 16.8. The summed E-state index contributed by atoms with van der Waals surface area (Å²) in [6.45, 7) is 1.91. The number of hydrogen-bond acceptors (Lipinski definition) is 4. The van der Waals surface area contributed by atoms with Crippen molar-refractivity contribution in [2.75, 3.05) is 5.32 Å². The molecule has 1 amide bonds. The number of hydrogen-bond donors (Lipinski definition) is 1. The van der Waals surface area contributed by atoms with Crippen molar-refractivity contribution in [1.29, 1.82) is 0 Å². The molecule has 1 N–H and O–H groups in total. The van der Waals surface area contributed by atoms with Gasteiger partial charge in [0.15, 0.2) is 11.5 Å². The Hall–Kier alpha value is -2.70. The third-order valence-electron chi connectivity index (χ3n) is 4.29. The fourth-order valence-electron chi connectivity index (χ4n) is 2.80. The van der Waals surface area contributed by atoms with Crippen molar-refractivity contribution < 1.29 is 23.0 Å². The molecule has 1 fully saturated rings. The molecule has 0 radical (unpaired) electrons. The minimum atomic E-state index is -3.66. The number of benzene rings is 1. The van der Waals surface area contributed by atoms with Crippen molar-refractivity contribution in [3.05, 3.63) is 47.7 Å². The number of pyridine rings is 1. The quantitative estimate of drug-likeness (QED) is 0.936. The zero-order valence-corrected chi connectivity index (χ0v) is 12.8. The number of nitrogens with one attached hydrogen (secondary N) is 1. The van der Waals surface area contributed by atoms with Gasteiger partial charge in [0.05, 0.1) is 5.41 Å². The van der Waals surface area contributed by atoms with E-state index < -0.39 is 11.7 Å². The maximum absolute atomic E-state index is 13.1. The predicted molar refractivity (Wildman–Crippen MR) is 81.2 cm³/mol. The molecule has 1 aromatic heterocycles. The maximum Gasteiger partial charge on any atom is 0.586 e. The highest BCUT2D eigenvalue weighted by Crippen LogP contribution is 2.52. The van der Waals surface area contributed by atoms with Crippen LogP contribution in [0.25, 0.3) is 0 Å². The van der Waals surface area contributed by atoms with Crippen LogP contribution in [0.3, 0.4) is 0 Å². The predicted octanol–water partition coefficient (Wildman–Crippen LogP) is 3.38. The topological polar surface area (TPSA) is 60.5 Å². The Balaban J connectivity index is 1.58. The van der Waals surface area contributed by atoms with Gasteiger partial charge in [-0.3, -0.25) is 4.79 Å². The van der Waals surface area contributed by atoms with Gasteiger partial charge in [0.1, 0.15) is 5.82 Å². The fraction of sp³-hybridized carbons (Fsp3) is 0.294. The molecular formula is C17H14F2N2O3. The number of nitrogens with zero attached hydrogens (tertiary/aromatic N) is 1. The van der Waals surface area contributed by atoms with Crippen molar-refractivity contribution in [3.8, 4) is 11.5 Å². The first kappa shape index (κ1) is 14.9. The summed E-state index contributed by atoms with van der Waals surface area (Å²) in [5.41, 5.74) is 0.890. The third kappa shape index (κ3) is 2.46. The molecule has 0 bridgehead atoms. The lowest BCUT2D eigenvalue weighted by Crippen LogP contribution is -2.28. The van der Waals surface area contributed by atoms with Gasteiger partial charge in [0.2, 0.25) is 5.91 Å². The summed E-state index contributed by atoms with van der Waals surface area (Å²) in [6, 6.07) is 8.06. The van der Waals surface area contributed by atoms with Crippen LogP contribution >= 0.6 is 0 Å². The van der Waals surface area contributed by atoms with Gasteiger partial charge in [-0.15, -0.1) is 8.78 Å². The zero-order valence-electron chi connectivity index (χ0n) is 12.8. The second kappa shape index (κ2) is 4.90. The first-order chi connectivity index (χ1) is 11.4. The van der Waals surface area contributed by atoms with E-state index in [-0.39, 0.29) is 17.4 Å². The van der Waals surface area contributed by atoms with E-state index in [2.05, 4.69) is 19.8 Å². The Kier molecular flexibility index (Phi) is 3.03. The number of amides is 1. The molecule has 1 saturated carbocycles. The van der Waals surface area contributed by atoms with Gasteiger partial charge in [0, 0.05) is 6.20 Å². The largest absolute Gasteiger partial charge is 0.586 e. The van der Waals surface area contributed by atoms with Gasteiger partial charge < -0.3 is 14.8 Å². The van der Waals surface area contributed by atoms with Crippen molar-refractivity contribution in [3.63, 3.8) is 0 Å². The summed E-state index contributed by atoms with van der Waals surface area (Å²) in [5.74, 6) is 0.179. The lowest BCUT2D eigenvalue weighted by Gasteiger charge is -2.16. The van der Waals surface area contributed by atoms with Crippen LogP contribution in [0.15, 0.2) is 36.5 Å². The lowest BCUT2D eigenvalue weighted by molar-refractivity contribution is -0.286. The van der Waals surface area contributed by atoms with Gasteiger partial charge >= 0.3 is 6.29 Å². The van der Waals surface area contributed by atoms with Gasteiger partial charge in [-0.2, -0.15) is 0 Å². The Bertz CT molecular complexity index is 817. The number of anilines is 1. The summed E-state index contributed by atoms with van der Waals surface area (Å²) in [6.07, 6.45) is -0.717. The molecule has 5 nitrogen and oxygen atoms in total. The number of carbonyl (C=O) groups excluding carboxylic acids is 1. The van der Waals surface area contributed by atoms with E-state index in [9.17, 15) is 13.6 Å². The molecule has 124 valence electrons. The van der Waals surface area contributed by atoms with Crippen LogP contribution in [0.5, 0.6) is 11.5 Å². The number of aryl methyl sites for hydroxylation is 1. The lowest BCUT2D eigenvalue weighted by atomic mass is 9.94. The molecule has 24 heavy (non-hydrogen) atoms. The molecule has 0 saturated heterocycles. The van der Waals surface area contributed by atoms with Crippen LogP contribution in [-0.4, -0.2) is 17.2 Å². The average Bonchev–Trinajstić information content (AvgIpc) is 3.27. The molecule has 2 heterocycles. The average molecular weight is 332 g/mol. The molecule has 0 atom stereocenters. The van der Waals surface area contributed by atoms with Crippen molar-refractivity contribution >= 4 is 11.7 Å². The molecule has 1 aliphatic carbocycles. The molecule has 0 spiro atoms. The Morgan fingerprint density at radius 2 is 1.92 bits per heavy atom. The van der Waals surface area contributed by atoms with E-state index in [1.165, 1.54) is 12.1 Å². The number of rotatable bonds is 3. The van der Waals surface area contributed by atoms with Crippen LogP contribution in [0.2, 0.25) is 0 Å². The van der Waals surface area contributed by atoms with Gasteiger partial charge in [-0.1, -0.05) is 12.1 Å². The van der Waals surface area contributed by atoms with Crippen LogP contribution in [0, 0.1) is 6.92 Å². The number of ether oxygens (including phenoxy) is 2. The van der Waals surface area contributed by atoms with Crippen LogP contribution in [0.1, 0.15) is 24.0 Å². The van der Waals surface area contributed by atoms with Crippen molar-refractivity contribution in [1.82, 2.24) is 4.98 Å². The molecule has 7 heteroatoms. The van der Waals surface area contributed by atoms with Crippen LogP contribution in [-0.2, 0) is 10.2 Å². The van der Waals surface area contributed by atoms with E-state index in [0.717, 1.165) is 5.56 Å². The van der Waals surface area contributed by atoms with Crippen molar-refractivity contribution in [2.45, 2.75) is 31.5 Å². The highest BCUT2D eigenvalue weighted by Gasteiger charge is 2.52. The van der Waals surface area contributed by atoms with E-state index in [1.54, 1.807) is 18.3 Å². The Labute approximate surface area is 136 Å². The number of aromatic nitrogens is 1. The number of alkyl halides is 2. The number of fused-ring (bicyclic) bond motifs is 1. The van der Waals surface area contributed by atoms with Gasteiger partial charge in [-0.05, 0) is 49.1 Å². The molecule has 1 aromatic carbocycles. The standard InChI is InChI=1S/C17H14F2N2O3/c1-10-2-5-14(20-9-10)21-15(22)16(6-7-16)11-3-4-12-13(8-11)24-17(18,19)23-12/h2-5,8-9H,6-7H2,1H3,(H,20,21,22). The Morgan fingerprint density at radius 3 is 2.58 bits per heavy atom. The molecule has 2 aliphatic rings. The summed E-state index contributed by atoms with van der Waals surface area (Å²) < 4.78 is 35.1. The van der Waals surface area contributed by atoms with Gasteiger partial charge in [-0.25, -0.2) is 4.98 Å². The summed E-state index contributed by atoms with van der Waals surface area (Å²) >= 11 is 0. The molecular weight excluding hydrogens is 318 g/mol. The summed E-state index contributed by atoms with van der Waals surface area (Å²) in [5, 5.41) is 2.78. The minimum Gasteiger partial charge on any atom is -0.395 e. The monoisotopic (exact) mass is 332 g/mol. The van der Waals surface area contributed by atoms with Gasteiger partial charge in [0.25, 0.3) is 0 Å². The highest BCUT2D eigenvalue weighted by molar-refractivity contribution is 6.01. The number of halogens is 2. The van der Waals surface area contributed by atoms with E-state index in [1.807, 2.05) is 13.0 Å². The maximum atomic E-state index is 13.1. The zero-order chi connectivity index (χ0) is 16.9. The highest BCUT2D eigenvalue weighted by atomic mass is 19.3. The molecule has 1 aliphatic heterocycles. The fourth-order valence-corrected chi connectivity index (χ4v) is 2.80. The van der Waals surface area contributed by atoms with E-state index in [4.69, 9.17) is 0 Å². The summed E-state index contributed by atoms with van der Waals surface area (Å²) in [7, 11) is 0. The second-order valence-corrected chi connectivity index (χ2v) is 6.09. The smallest absolute Gasteiger partial charge is 0.395 e. The number of carbonyl (C=O) groups is 1. The minimum absolute atomic E-state index is 0.0276. The Morgan fingerprint density at radius 1 is 1.17 bits per heavy atom. The van der Waals surface area contributed by atoms with Crippen LogP contribution in [0.4, 0.5) is 14.6 Å². The third-order valence-corrected chi connectivity index (χ3v) is 4.29. The second-order valence-electron chi connectivity index (χ2n) is 6.09. The van der Waals surface area contributed by atoms with E-state index in [0.29, 0.717) is 24.2 Å². The van der Waals surface area contributed by atoms with Crippen LogP contribution < -0.4 is 14.8 Å². The SMILES string of the molecule is Cc1ccc(NC(=O)C2(c3ccc4c(c3)OC(F)(F)O4)CC2)nc1.